The van der Waals surface area contributed by atoms with Crippen molar-refractivity contribution in [3.05, 3.63) is 81.6 Å². The molecule has 0 spiro atoms. The average molecular weight is 534 g/mol. The second-order valence-electron chi connectivity index (χ2n) is 7.13. The maximum atomic E-state index is 14.0. The van der Waals surface area contributed by atoms with Gasteiger partial charge < -0.3 is 19.5 Å². The molecule has 0 radical (unpaired) electrons. The van der Waals surface area contributed by atoms with E-state index in [0.717, 1.165) is 0 Å². The number of nitrogens with one attached hydrogen (secondary N) is 2. The van der Waals surface area contributed by atoms with E-state index >= 15 is 0 Å². The number of anilines is 1. The molecule has 3 aromatic carbocycles. The molecule has 188 valence electrons. The van der Waals surface area contributed by atoms with Gasteiger partial charge in [0, 0.05) is 10.6 Å². The van der Waals surface area contributed by atoms with Crippen LogP contribution in [-0.2, 0) is 16.2 Å². The van der Waals surface area contributed by atoms with Gasteiger partial charge >= 0.3 is 11.8 Å². The standard InChI is InChI=1S/C25H22Cl2FN3O5/c1-3-35-23-11-15(7-9-22(23)36-14-17-18(27)5-4-6-19(17)28)13-29-31-25(33)24(32)30-20-12-16(26)8-10-21(20)34-2/h4-13H,3,14H2,1-2H3,(H,30,32)(H,31,33). The van der Waals surface area contributed by atoms with E-state index in [1.54, 1.807) is 43.3 Å². The van der Waals surface area contributed by atoms with Crippen molar-refractivity contribution in [2.24, 2.45) is 5.10 Å². The molecule has 0 saturated carbocycles. The van der Waals surface area contributed by atoms with Crippen molar-refractivity contribution in [3.63, 3.8) is 0 Å². The first-order chi connectivity index (χ1) is 17.3. The quantitative estimate of drug-likeness (QED) is 0.223. The van der Waals surface area contributed by atoms with Crippen molar-refractivity contribution in [1.29, 1.82) is 0 Å². The number of hydrogen-bond donors (Lipinski definition) is 2. The Balaban J connectivity index is 1.64. The number of hydrogen-bond acceptors (Lipinski definition) is 6. The van der Waals surface area contributed by atoms with E-state index in [-0.39, 0.29) is 22.9 Å². The van der Waals surface area contributed by atoms with E-state index in [1.807, 2.05) is 0 Å². The number of carbonyl (C=O) groups excluding carboxylic acids is 2. The molecular weight excluding hydrogens is 512 g/mol. The molecule has 0 aromatic heterocycles. The summed E-state index contributed by atoms with van der Waals surface area (Å²) in [6.07, 6.45) is 1.32. The molecule has 2 N–H and O–H groups in total. The zero-order valence-corrected chi connectivity index (χ0v) is 20.8. The topological polar surface area (TPSA) is 98.2 Å². The minimum absolute atomic E-state index is 0.0956. The molecule has 0 aliphatic rings. The Hall–Kier alpha value is -3.82. The van der Waals surface area contributed by atoms with Crippen molar-refractivity contribution in [3.8, 4) is 17.2 Å². The predicted octanol–water partition coefficient (Wildman–Crippen LogP) is 5.21. The number of methoxy groups -OCH3 is 1. The van der Waals surface area contributed by atoms with Crippen LogP contribution >= 0.6 is 23.2 Å². The first kappa shape index (κ1) is 26.8. The van der Waals surface area contributed by atoms with Crippen LogP contribution in [0.4, 0.5) is 10.1 Å². The summed E-state index contributed by atoms with van der Waals surface area (Å²) >= 11 is 12.0. The molecule has 0 aliphatic carbocycles. The number of amides is 2. The Morgan fingerprint density at radius 2 is 1.78 bits per heavy atom. The summed E-state index contributed by atoms with van der Waals surface area (Å²) in [7, 11) is 1.42. The van der Waals surface area contributed by atoms with Crippen LogP contribution in [0.1, 0.15) is 18.1 Å². The van der Waals surface area contributed by atoms with Crippen molar-refractivity contribution < 1.29 is 28.2 Å². The van der Waals surface area contributed by atoms with Gasteiger partial charge in [0.1, 0.15) is 18.2 Å². The maximum absolute atomic E-state index is 14.0. The van der Waals surface area contributed by atoms with E-state index in [1.165, 1.54) is 31.5 Å². The monoisotopic (exact) mass is 533 g/mol. The normalized spacial score (nSPS) is 10.7. The van der Waals surface area contributed by atoms with Gasteiger partial charge in [0.15, 0.2) is 11.5 Å². The van der Waals surface area contributed by atoms with Crippen LogP contribution in [0.5, 0.6) is 17.2 Å². The Kier molecular flexibility index (Phi) is 9.49. The predicted molar refractivity (Wildman–Crippen MR) is 136 cm³/mol. The molecule has 36 heavy (non-hydrogen) atoms. The minimum Gasteiger partial charge on any atom is -0.495 e. The fourth-order valence-corrected chi connectivity index (χ4v) is 3.38. The lowest BCUT2D eigenvalue weighted by Crippen LogP contribution is -2.32. The largest absolute Gasteiger partial charge is 0.495 e. The van der Waals surface area contributed by atoms with Crippen LogP contribution in [0.2, 0.25) is 10.0 Å². The van der Waals surface area contributed by atoms with Crippen LogP contribution in [0.3, 0.4) is 0 Å². The molecular formula is C25H22Cl2FN3O5. The lowest BCUT2D eigenvalue weighted by atomic mass is 10.2. The number of halogens is 3. The lowest BCUT2D eigenvalue weighted by molar-refractivity contribution is -0.136. The van der Waals surface area contributed by atoms with Crippen molar-refractivity contribution in [2.75, 3.05) is 19.0 Å². The van der Waals surface area contributed by atoms with Gasteiger partial charge in [-0.15, -0.1) is 0 Å². The third-order valence-electron chi connectivity index (χ3n) is 4.70. The number of hydrazone groups is 1. The fraction of sp³-hybridized carbons (Fsp3) is 0.160. The highest BCUT2D eigenvalue weighted by Gasteiger charge is 2.16. The summed E-state index contributed by atoms with van der Waals surface area (Å²) in [6, 6.07) is 13.9. The van der Waals surface area contributed by atoms with Crippen molar-refractivity contribution >= 4 is 46.9 Å². The number of nitrogens with zero attached hydrogens (tertiary/aromatic N) is 1. The molecule has 0 saturated heterocycles. The molecule has 8 nitrogen and oxygen atoms in total. The summed E-state index contributed by atoms with van der Waals surface area (Å²) < 4.78 is 30.5. The molecule has 3 aromatic rings. The molecule has 0 aliphatic heterocycles. The van der Waals surface area contributed by atoms with E-state index in [0.29, 0.717) is 34.4 Å². The van der Waals surface area contributed by atoms with Gasteiger partial charge in [0.25, 0.3) is 0 Å². The maximum Gasteiger partial charge on any atom is 0.329 e. The zero-order valence-electron chi connectivity index (χ0n) is 19.3. The zero-order chi connectivity index (χ0) is 26.1. The molecule has 0 unspecified atom stereocenters. The highest BCUT2D eigenvalue weighted by Crippen LogP contribution is 2.30. The molecule has 0 atom stereocenters. The highest BCUT2D eigenvalue weighted by molar-refractivity contribution is 6.40. The number of rotatable bonds is 9. The Morgan fingerprint density at radius 3 is 2.50 bits per heavy atom. The second-order valence-corrected chi connectivity index (χ2v) is 7.97. The van der Waals surface area contributed by atoms with Crippen molar-refractivity contribution in [1.82, 2.24) is 5.43 Å². The van der Waals surface area contributed by atoms with Gasteiger partial charge in [-0.2, -0.15) is 5.10 Å². The molecule has 11 heteroatoms. The van der Waals surface area contributed by atoms with Gasteiger partial charge in [-0.1, -0.05) is 29.3 Å². The first-order valence-electron chi connectivity index (χ1n) is 10.6. The molecule has 0 fully saturated rings. The third kappa shape index (κ3) is 7.10. The molecule has 0 heterocycles. The summed E-state index contributed by atoms with van der Waals surface area (Å²) in [5.41, 5.74) is 3.16. The van der Waals surface area contributed by atoms with Gasteiger partial charge in [0.05, 0.1) is 30.6 Å². The smallest absolute Gasteiger partial charge is 0.329 e. The van der Waals surface area contributed by atoms with Gasteiger partial charge in [-0.25, -0.2) is 9.82 Å². The third-order valence-corrected chi connectivity index (χ3v) is 5.29. The van der Waals surface area contributed by atoms with E-state index in [9.17, 15) is 14.0 Å². The van der Waals surface area contributed by atoms with Gasteiger partial charge in [0.2, 0.25) is 0 Å². The SMILES string of the molecule is CCOc1cc(C=NNC(=O)C(=O)Nc2cc(Cl)ccc2OC)ccc1OCc1c(F)cccc1Cl. The van der Waals surface area contributed by atoms with Gasteiger partial charge in [-0.05, 0) is 61.0 Å². The number of carbonyl (C=O) groups is 2. The Morgan fingerprint density at radius 1 is 1.00 bits per heavy atom. The van der Waals surface area contributed by atoms with E-state index in [2.05, 4.69) is 15.8 Å². The van der Waals surface area contributed by atoms with Crippen LogP contribution < -0.4 is 25.0 Å². The Labute approximate surface area is 217 Å². The highest BCUT2D eigenvalue weighted by atomic mass is 35.5. The average Bonchev–Trinajstić information content (AvgIpc) is 2.85. The molecule has 0 bridgehead atoms. The number of ether oxygens (including phenoxy) is 3. The fourth-order valence-electron chi connectivity index (χ4n) is 2.99. The minimum atomic E-state index is -1.000. The summed E-state index contributed by atoms with van der Waals surface area (Å²) in [5.74, 6) is -1.35. The van der Waals surface area contributed by atoms with Crippen LogP contribution in [0.15, 0.2) is 59.7 Å². The van der Waals surface area contributed by atoms with Gasteiger partial charge in [-0.3, -0.25) is 9.59 Å². The lowest BCUT2D eigenvalue weighted by Gasteiger charge is -2.13. The summed E-state index contributed by atoms with van der Waals surface area (Å²) in [6.45, 7) is 2.05. The van der Waals surface area contributed by atoms with Crippen LogP contribution in [-0.4, -0.2) is 31.7 Å². The van der Waals surface area contributed by atoms with Crippen LogP contribution in [0, 0.1) is 5.82 Å². The Bertz CT molecular complexity index is 1270. The second kappa shape index (κ2) is 12.8. The van der Waals surface area contributed by atoms with E-state index in [4.69, 9.17) is 37.4 Å². The van der Waals surface area contributed by atoms with Crippen molar-refractivity contribution in [2.45, 2.75) is 13.5 Å². The molecule has 3 rings (SSSR count). The summed E-state index contributed by atoms with van der Waals surface area (Å²) in [4.78, 5) is 24.3. The first-order valence-corrected chi connectivity index (χ1v) is 11.4. The van der Waals surface area contributed by atoms with E-state index < -0.39 is 17.6 Å². The summed E-state index contributed by atoms with van der Waals surface area (Å²) in [5, 5.41) is 6.83. The molecule has 2 amide bonds. The number of benzene rings is 3. The van der Waals surface area contributed by atoms with Crippen LogP contribution in [0.25, 0.3) is 0 Å².